The first-order valence-corrected chi connectivity index (χ1v) is 12.5. The van der Waals surface area contributed by atoms with Crippen molar-refractivity contribution >= 4 is 42.1 Å². The number of nitrogens with one attached hydrogen (secondary N) is 3. The SMILES string of the molecule is CC/C(Cc1ccc(CN2Cc3ccc(C(=NC)N/C=C/NC(=O)CCNC=O)cc3C2)cc1)=C(\C)F.I. The van der Waals surface area contributed by atoms with E-state index in [4.69, 9.17) is 0 Å². The molecule has 1 aliphatic rings. The number of rotatable bonds is 12. The normalized spacial score (nSPS) is 13.9. The van der Waals surface area contributed by atoms with Crippen molar-refractivity contribution in [3.05, 3.63) is 94.1 Å². The number of allylic oxidation sites excluding steroid dienone is 2. The quantitative estimate of drug-likeness (QED) is 0.104. The van der Waals surface area contributed by atoms with E-state index in [1.54, 1.807) is 13.2 Å². The molecule has 0 fully saturated rings. The van der Waals surface area contributed by atoms with Crippen molar-refractivity contribution < 1.29 is 14.0 Å². The average Bonchev–Trinajstić information content (AvgIpc) is 3.29. The van der Waals surface area contributed by atoms with E-state index in [-0.39, 0.29) is 42.1 Å². The highest BCUT2D eigenvalue weighted by atomic mass is 127. The van der Waals surface area contributed by atoms with E-state index in [1.165, 1.54) is 29.8 Å². The molecule has 1 aliphatic heterocycles. The van der Waals surface area contributed by atoms with E-state index in [0.717, 1.165) is 42.8 Å². The lowest BCUT2D eigenvalue weighted by molar-refractivity contribution is -0.120. The first-order valence-electron chi connectivity index (χ1n) is 12.5. The summed E-state index contributed by atoms with van der Waals surface area (Å²) in [4.78, 5) is 28.7. The van der Waals surface area contributed by atoms with Crippen LogP contribution in [0.1, 0.15) is 54.5 Å². The number of carbonyl (C=O) groups is 2. The number of fused-ring (bicyclic) bond motifs is 1. The van der Waals surface area contributed by atoms with Gasteiger partial charge in [0.25, 0.3) is 0 Å². The molecule has 0 aromatic heterocycles. The Bertz CT molecular complexity index is 1170. The predicted molar refractivity (Wildman–Crippen MR) is 161 cm³/mol. The van der Waals surface area contributed by atoms with Crippen molar-refractivity contribution in [3.63, 3.8) is 0 Å². The molecule has 2 amide bonds. The van der Waals surface area contributed by atoms with Gasteiger partial charge < -0.3 is 16.0 Å². The second-order valence-corrected chi connectivity index (χ2v) is 9.05. The van der Waals surface area contributed by atoms with E-state index in [1.807, 2.05) is 6.92 Å². The number of nitrogens with zero attached hydrogens (tertiary/aromatic N) is 2. The Morgan fingerprint density at radius 2 is 1.74 bits per heavy atom. The fourth-order valence-electron chi connectivity index (χ4n) is 4.33. The van der Waals surface area contributed by atoms with Crippen LogP contribution in [-0.2, 0) is 35.6 Å². The van der Waals surface area contributed by atoms with Crippen LogP contribution in [0.15, 0.2) is 71.3 Å². The number of halogens is 2. The lowest BCUT2D eigenvalue weighted by Crippen LogP contribution is -2.25. The van der Waals surface area contributed by atoms with Crippen LogP contribution in [-0.4, -0.2) is 36.6 Å². The number of carbonyl (C=O) groups excluding carboxylic acids is 2. The van der Waals surface area contributed by atoms with Crippen LogP contribution in [0.5, 0.6) is 0 Å². The molecular weight excluding hydrogens is 596 g/mol. The maximum Gasteiger partial charge on any atom is 0.225 e. The number of aliphatic imine (C=N–C) groups is 1. The van der Waals surface area contributed by atoms with E-state index in [2.05, 4.69) is 68.3 Å². The van der Waals surface area contributed by atoms with Crippen molar-refractivity contribution in [3.8, 4) is 0 Å². The van der Waals surface area contributed by atoms with E-state index in [0.29, 0.717) is 25.2 Å². The Morgan fingerprint density at radius 1 is 1.05 bits per heavy atom. The van der Waals surface area contributed by atoms with Gasteiger partial charge in [0, 0.05) is 57.6 Å². The Balaban J connectivity index is 0.00000507. The third-order valence-electron chi connectivity index (χ3n) is 6.38. The number of hydrogen-bond donors (Lipinski definition) is 3. The highest BCUT2D eigenvalue weighted by Crippen LogP contribution is 2.26. The van der Waals surface area contributed by atoms with Crippen LogP contribution in [0, 0.1) is 0 Å². The van der Waals surface area contributed by atoms with E-state index < -0.39 is 0 Å². The molecule has 2 aromatic rings. The number of benzene rings is 2. The molecule has 204 valence electrons. The molecule has 38 heavy (non-hydrogen) atoms. The van der Waals surface area contributed by atoms with Crippen LogP contribution in [0.3, 0.4) is 0 Å². The van der Waals surface area contributed by atoms with Crippen LogP contribution >= 0.6 is 24.0 Å². The molecule has 0 atom stereocenters. The van der Waals surface area contributed by atoms with Crippen LogP contribution in [0.2, 0.25) is 0 Å². The van der Waals surface area contributed by atoms with Gasteiger partial charge in [-0.05, 0) is 53.7 Å². The van der Waals surface area contributed by atoms with Crippen LogP contribution in [0.25, 0.3) is 0 Å². The second-order valence-electron chi connectivity index (χ2n) is 9.05. The van der Waals surface area contributed by atoms with Gasteiger partial charge in [0.2, 0.25) is 12.3 Å². The minimum atomic E-state index is -0.188. The Hall–Kier alpha value is -3.05. The summed E-state index contributed by atoms with van der Waals surface area (Å²) in [6.07, 6.45) is 5.32. The van der Waals surface area contributed by atoms with Crippen molar-refractivity contribution in [2.24, 2.45) is 4.99 Å². The van der Waals surface area contributed by atoms with E-state index in [9.17, 15) is 14.0 Å². The topological polar surface area (TPSA) is 85.8 Å². The Kier molecular flexibility index (Phi) is 13.1. The molecule has 0 spiro atoms. The average molecular weight is 634 g/mol. The summed E-state index contributed by atoms with van der Waals surface area (Å²) < 4.78 is 13.6. The molecule has 7 nitrogen and oxygen atoms in total. The zero-order chi connectivity index (χ0) is 26.6. The van der Waals surface area contributed by atoms with Gasteiger partial charge in [-0.15, -0.1) is 24.0 Å². The number of amidine groups is 1. The Labute approximate surface area is 241 Å². The summed E-state index contributed by atoms with van der Waals surface area (Å²) in [5, 5.41) is 8.22. The molecule has 0 unspecified atom stereocenters. The lowest BCUT2D eigenvalue weighted by atomic mass is 10.0. The molecule has 0 radical (unpaired) electrons. The van der Waals surface area contributed by atoms with Gasteiger partial charge in [-0.25, -0.2) is 4.39 Å². The van der Waals surface area contributed by atoms with Gasteiger partial charge in [0.15, 0.2) is 0 Å². The van der Waals surface area contributed by atoms with Crippen molar-refractivity contribution in [1.29, 1.82) is 0 Å². The monoisotopic (exact) mass is 633 g/mol. The lowest BCUT2D eigenvalue weighted by Gasteiger charge is -2.15. The summed E-state index contributed by atoms with van der Waals surface area (Å²) in [5.41, 5.74) is 6.78. The third-order valence-corrected chi connectivity index (χ3v) is 6.38. The largest absolute Gasteiger partial charge is 0.358 e. The second kappa shape index (κ2) is 16.0. The standard InChI is InChI=1S/C29H36FN5O2.HI/c1-4-24(21(2)30)15-22-5-7-23(8-6-22)17-35-18-26-10-9-25(16-27(26)19-35)29(31-3)34-14-13-33-28(37)11-12-32-20-36;/h5-10,13-14,16,20H,4,11-12,15,17-19H2,1-3H3,(H,31,34)(H,32,36)(H,33,37);1H/b14-13+,24-21-;. The summed E-state index contributed by atoms with van der Waals surface area (Å²) in [7, 11) is 1.72. The summed E-state index contributed by atoms with van der Waals surface area (Å²) in [5.74, 6) is 0.441. The number of amides is 2. The highest BCUT2D eigenvalue weighted by molar-refractivity contribution is 14.0. The molecule has 1 heterocycles. The summed E-state index contributed by atoms with van der Waals surface area (Å²) in [6.45, 7) is 6.41. The van der Waals surface area contributed by atoms with Gasteiger partial charge >= 0.3 is 0 Å². The van der Waals surface area contributed by atoms with Crippen molar-refractivity contribution in [1.82, 2.24) is 20.9 Å². The molecule has 2 aromatic carbocycles. The van der Waals surface area contributed by atoms with E-state index >= 15 is 0 Å². The molecule has 0 aliphatic carbocycles. The molecule has 9 heteroatoms. The molecule has 0 bridgehead atoms. The first kappa shape index (κ1) is 31.2. The van der Waals surface area contributed by atoms with Gasteiger partial charge in [0.1, 0.15) is 5.84 Å². The van der Waals surface area contributed by atoms with Crippen molar-refractivity contribution in [2.45, 2.75) is 52.7 Å². The Morgan fingerprint density at radius 3 is 2.39 bits per heavy atom. The van der Waals surface area contributed by atoms with Gasteiger partial charge in [-0.1, -0.05) is 43.3 Å². The molecule has 3 rings (SSSR count). The minimum Gasteiger partial charge on any atom is -0.358 e. The number of hydrogen-bond acceptors (Lipinski definition) is 4. The molecular formula is C29H37FIN5O2. The zero-order valence-corrected chi connectivity index (χ0v) is 24.6. The molecule has 3 N–H and O–H groups in total. The van der Waals surface area contributed by atoms with Gasteiger partial charge in [0.05, 0.1) is 5.83 Å². The van der Waals surface area contributed by atoms with Crippen LogP contribution < -0.4 is 16.0 Å². The van der Waals surface area contributed by atoms with Gasteiger partial charge in [-0.2, -0.15) is 0 Å². The highest BCUT2D eigenvalue weighted by Gasteiger charge is 2.20. The summed E-state index contributed by atoms with van der Waals surface area (Å²) in [6, 6.07) is 14.8. The predicted octanol–water partition coefficient (Wildman–Crippen LogP) is 4.71. The maximum absolute atomic E-state index is 13.6. The van der Waals surface area contributed by atoms with Gasteiger partial charge in [-0.3, -0.25) is 19.5 Å². The molecule has 0 saturated carbocycles. The molecule has 0 saturated heterocycles. The smallest absolute Gasteiger partial charge is 0.225 e. The van der Waals surface area contributed by atoms with Crippen molar-refractivity contribution in [2.75, 3.05) is 13.6 Å². The maximum atomic E-state index is 13.6. The fourth-order valence-corrected chi connectivity index (χ4v) is 4.33. The first-order chi connectivity index (χ1) is 17.9. The van der Waals surface area contributed by atoms with Crippen LogP contribution in [0.4, 0.5) is 4.39 Å². The minimum absolute atomic E-state index is 0. The summed E-state index contributed by atoms with van der Waals surface area (Å²) >= 11 is 0. The third kappa shape index (κ3) is 9.36. The fraction of sp³-hybridized carbons (Fsp3) is 0.345. The zero-order valence-electron chi connectivity index (χ0n) is 22.2.